The van der Waals surface area contributed by atoms with Gasteiger partial charge in [0.1, 0.15) is 11.6 Å². The Bertz CT molecular complexity index is 582. The van der Waals surface area contributed by atoms with Gasteiger partial charge in [-0.15, -0.1) is 11.3 Å². The van der Waals surface area contributed by atoms with E-state index >= 15 is 0 Å². The predicted molar refractivity (Wildman–Crippen MR) is 86.8 cm³/mol. The zero-order chi connectivity index (χ0) is 15.2. The number of benzene rings is 1. The third-order valence-electron chi connectivity index (χ3n) is 3.42. The Kier molecular flexibility index (Phi) is 5.76. The number of aryl methyl sites for hydroxylation is 1. The molecule has 0 bridgehead atoms. The molecule has 4 heteroatoms. The highest BCUT2D eigenvalue weighted by Gasteiger charge is 2.20. The summed E-state index contributed by atoms with van der Waals surface area (Å²) in [6, 6.07) is 8.94. The summed E-state index contributed by atoms with van der Waals surface area (Å²) in [4.78, 5) is 2.54. The van der Waals surface area contributed by atoms with Crippen LogP contribution in [0.2, 0.25) is 0 Å². The largest absolute Gasteiger partial charge is 0.496 e. The number of ether oxygens (including phenoxy) is 1. The second-order valence-electron chi connectivity index (χ2n) is 4.93. The van der Waals surface area contributed by atoms with Crippen LogP contribution in [-0.4, -0.2) is 13.7 Å². The van der Waals surface area contributed by atoms with Crippen LogP contribution in [0.3, 0.4) is 0 Å². The van der Waals surface area contributed by atoms with Crippen molar-refractivity contribution in [2.75, 3.05) is 13.7 Å². The lowest BCUT2D eigenvalue weighted by atomic mass is 10.0. The molecule has 1 N–H and O–H groups in total. The lowest BCUT2D eigenvalue weighted by Gasteiger charge is -2.20. The lowest BCUT2D eigenvalue weighted by molar-refractivity contribution is 0.402. The molecule has 0 fully saturated rings. The number of halogens is 1. The standard InChI is InChI=1S/C17H22FNOS/c1-4-10-19-17(16-9-7-13(5-2)21-16)14-11-12(18)6-8-15(14)20-3/h6-9,11,17,19H,4-5,10H2,1-3H3. The molecule has 0 saturated carbocycles. The first kappa shape index (κ1) is 16.0. The molecule has 114 valence electrons. The average Bonchev–Trinajstić information content (AvgIpc) is 2.97. The molecule has 1 aromatic heterocycles. The van der Waals surface area contributed by atoms with E-state index < -0.39 is 0 Å². The zero-order valence-electron chi connectivity index (χ0n) is 12.8. The smallest absolute Gasteiger partial charge is 0.124 e. The summed E-state index contributed by atoms with van der Waals surface area (Å²) in [5, 5.41) is 3.51. The molecule has 1 aromatic carbocycles. The summed E-state index contributed by atoms with van der Waals surface area (Å²) in [6.07, 6.45) is 2.05. The number of hydrogen-bond acceptors (Lipinski definition) is 3. The third kappa shape index (κ3) is 3.83. The van der Waals surface area contributed by atoms with Crippen LogP contribution in [0, 0.1) is 5.82 Å². The maximum Gasteiger partial charge on any atom is 0.124 e. The van der Waals surface area contributed by atoms with Gasteiger partial charge in [0.2, 0.25) is 0 Å². The minimum absolute atomic E-state index is 0.0269. The van der Waals surface area contributed by atoms with Crippen molar-refractivity contribution in [3.05, 3.63) is 51.5 Å². The first-order chi connectivity index (χ1) is 10.2. The van der Waals surface area contributed by atoms with Crippen LogP contribution >= 0.6 is 11.3 Å². The minimum Gasteiger partial charge on any atom is -0.496 e. The Morgan fingerprint density at radius 3 is 2.67 bits per heavy atom. The molecule has 2 aromatic rings. The molecule has 2 nitrogen and oxygen atoms in total. The number of thiophene rings is 1. The van der Waals surface area contributed by atoms with Crippen LogP contribution in [0.25, 0.3) is 0 Å². The number of rotatable bonds is 7. The first-order valence-corrected chi connectivity index (χ1v) is 8.16. The molecule has 0 spiro atoms. The van der Waals surface area contributed by atoms with Gasteiger partial charge >= 0.3 is 0 Å². The van der Waals surface area contributed by atoms with Crippen molar-refractivity contribution in [2.24, 2.45) is 0 Å². The molecule has 1 unspecified atom stereocenters. The van der Waals surface area contributed by atoms with Gasteiger partial charge in [0, 0.05) is 15.3 Å². The highest BCUT2D eigenvalue weighted by atomic mass is 32.1. The molecule has 0 aliphatic carbocycles. The van der Waals surface area contributed by atoms with Crippen LogP contribution < -0.4 is 10.1 Å². The van der Waals surface area contributed by atoms with E-state index in [0.29, 0.717) is 0 Å². The van der Waals surface area contributed by atoms with E-state index in [-0.39, 0.29) is 11.9 Å². The molecule has 1 heterocycles. The zero-order valence-corrected chi connectivity index (χ0v) is 13.6. The maximum atomic E-state index is 13.7. The van der Waals surface area contributed by atoms with E-state index in [2.05, 4.69) is 31.3 Å². The van der Waals surface area contributed by atoms with Gasteiger partial charge in [-0.3, -0.25) is 0 Å². The van der Waals surface area contributed by atoms with Gasteiger partial charge in [-0.25, -0.2) is 4.39 Å². The van der Waals surface area contributed by atoms with E-state index in [1.807, 2.05) is 0 Å². The van der Waals surface area contributed by atoms with Crippen molar-refractivity contribution in [1.82, 2.24) is 5.32 Å². The molecule has 0 amide bonds. The fourth-order valence-corrected chi connectivity index (χ4v) is 3.37. The van der Waals surface area contributed by atoms with Gasteiger partial charge in [-0.1, -0.05) is 13.8 Å². The molecule has 2 rings (SSSR count). The summed E-state index contributed by atoms with van der Waals surface area (Å²) < 4.78 is 19.1. The topological polar surface area (TPSA) is 21.3 Å². The highest BCUT2D eigenvalue weighted by Crippen LogP contribution is 2.34. The Morgan fingerprint density at radius 1 is 1.24 bits per heavy atom. The monoisotopic (exact) mass is 307 g/mol. The summed E-state index contributed by atoms with van der Waals surface area (Å²) in [5.74, 6) is 0.484. The van der Waals surface area contributed by atoms with Crippen LogP contribution in [0.1, 0.15) is 41.6 Å². The SMILES string of the molecule is CCCNC(c1ccc(CC)s1)c1cc(F)ccc1OC. The molecule has 1 atom stereocenters. The minimum atomic E-state index is -0.235. The summed E-state index contributed by atoms with van der Waals surface area (Å²) in [6.45, 7) is 5.15. The van der Waals surface area contributed by atoms with Gasteiger partial charge in [0.05, 0.1) is 13.2 Å². The van der Waals surface area contributed by atoms with Gasteiger partial charge in [-0.05, 0) is 49.7 Å². The Morgan fingerprint density at radius 2 is 2.05 bits per heavy atom. The summed E-state index contributed by atoms with van der Waals surface area (Å²) >= 11 is 1.77. The summed E-state index contributed by atoms with van der Waals surface area (Å²) in [7, 11) is 1.62. The molecule has 0 aliphatic heterocycles. The van der Waals surface area contributed by atoms with E-state index in [9.17, 15) is 4.39 Å². The van der Waals surface area contributed by atoms with Crippen molar-refractivity contribution in [1.29, 1.82) is 0 Å². The van der Waals surface area contributed by atoms with E-state index in [1.165, 1.54) is 15.8 Å². The average molecular weight is 307 g/mol. The Labute approximate surface area is 130 Å². The fourth-order valence-electron chi connectivity index (χ4n) is 2.32. The van der Waals surface area contributed by atoms with Crippen LogP contribution in [0.15, 0.2) is 30.3 Å². The van der Waals surface area contributed by atoms with Gasteiger partial charge in [0.15, 0.2) is 0 Å². The molecular formula is C17H22FNOS. The molecule has 21 heavy (non-hydrogen) atoms. The van der Waals surface area contributed by atoms with Crippen molar-refractivity contribution < 1.29 is 9.13 Å². The van der Waals surface area contributed by atoms with Crippen LogP contribution in [-0.2, 0) is 6.42 Å². The quantitative estimate of drug-likeness (QED) is 0.810. The normalized spacial score (nSPS) is 12.4. The second-order valence-corrected chi connectivity index (χ2v) is 6.13. The van der Waals surface area contributed by atoms with Crippen LogP contribution in [0.4, 0.5) is 4.39 Å². The molecule has 0 saturated heterocycles. The van der Waals surface area contributed by atoms with Crippen LogP contribution in [0.5, 0.6) is 5.75 Å². The fraction of sp³-hybridized carbons (Fsp3) is 0.412. The predicted octanol–water partition coefficient (Wildman–Crippen LogP) is 4.55. The van der Waals surface area contributed by atoms with E-state index in [4.69, 9.17) is 4.74 Å². The number of methoxy groups -OCH3 is 1. The third-order valence-corrected chi connectivity index (χ3v) is 4.71. The molecule has 0 aliphatic rings. The second kappa shape index (κ2) is 7.57. The number of hydrogen-bond donors (Lipinski definition) is 1. The van der Waals surface area contributed by atoms with Crippen molar-refractivity contribution in [3.8, 4) is 5.75 Å². The summed E-state index contributed by atoms with van der Waals surface area (Å²) in [5.41, 5.74) is 0.857. The lowest BCUT2D eigenvalue weighted by Crippen LogP contribution is -2.23. The number of nitrogens with one attached hydrogen (secondary N) is 1. The van der Waals surface area contributed by atoms with Crippen molar-refractivity contribution in [2.45, 2.75) is 32.7 Å². The van der Waals surface area contributed by atoms with Crippen molar-refractivity contribution >= 4 is 11.3 Å². The highest BCUT2D eigenvalue weighted by molar-refractivity contribution is 7.12. The first-order valence-electron chi connectivity index (χ1n) is 7.35. The van der Waals surface area contributed by atoms with Crippen molar-refractivity contribution in [3.63, 3.8) is 0 Å². The van der Waals surface area contributed by atoms with Gasteiger partial charge in [0.25, 0.3) is 0 Å². The Balaban J connectivity index is 2.41. The molecular weight excluding hydrogens is 285 g/mol. The van der Waals surface area contributed by atoms with Gasteiger partial charge in [-0.2, -0.15) is 0 Å². The van der Waals surface area contributed by atoms with Gasteiger partial charge < -0.3 is 10.1 Å². The molecule has 0 radical (unpaired) electrons. The maximum absolute atomic E-state index is 13.7. The Hall–Kier alpha value is -1.39. The van der Waals surface area contributed by atoms with E-state index in [1.54, 1.807) is 30.6 Å². The van der Waals surface area contributed by atoms with E-state index in [0.717, 1.165) is 30.7 Å².